The van der Waals surface area contributed by atoms with Gasteiger partial charge in [-0.25, -0.2) is 4.39 Å². The summed E-state index contributed by atoms with van der Waals surface area (Å²) in [5.74, 6) is -0.204. The number of aryl methyl sites for hydroxylation is 1. The second-order valence-corrected chi connectivity index (χ2v) is 6.16. The summed E-state index contributed by atoms with van der Waals surface area (Å²) >= 11 is 3.51. The molecule has 0 saturated carbocycles. The molecule has 2 N–H and O–H groups in total. The van der Waals surface area contributed by atoms with Crippen molar-refractivity contribution in [2.24, 2.45) is 5.73 Å². The first-order valence-electron chi connectivity index (χ1n) is 6.92. The van der Waals surface area contributed by atoms with E-state index in [1.165, 1.54) is 17.2 Å². The molecule has 0 aliphatic heterocycles. The summed E-state index contributed by atoms with van der Waals surface area (Å²) in [4.78, 5) is 2.15. The van der Waals surface area contributed by atoms with Gasteiger partial charge < -0.3 is 5.73 Å². The summed E-state index contributed by atoms with van der Waals surface area (Å²) in [7, 11) is 2.01. The Hall–Kier alpha value is -1.23. The molecule has 1 unspecified atom stereocenters. The molecule has 0 aromatic heterocycles. The molecule has 1 atom stereocenters. The average molecular weight is 351 g/mol. The van der Waals surface area contributed by atoms with Crippen molar-refractivity contribution in [1.82, 2.24) is 4.90 Å². The number of benzene rings is 2. The Morgan fingerprint density at radius 3 is 2.62 bits per heavy atom. The summed E-state index contributed by atoms with van der Waals surface area (Å²) in [6.07, 6.45) is 0. The van der Waals surface area contributed by atoms with Gasteiger partial charge in [-0.2, -0.15) is 0 Å². The molecular formula is C17H20BrFN2. The van der Waals surface area contributed by atoms with Gasteiger partial charge >= 0.3 is 0 Å². The van der Waals surface area contributed by atoms with Crippen LogP contribution in [0.4, 0.5) is 4.39 Å². The Balaban J connectivity index is 2.18. The smallest absolute Gasteiger partial charge is 0.123 e. The highest BCUT2D eigenvalue weighted by molar-refractivity contribution is 9.10. The Bertz CT molecular complexity index is 615. The van der Waals surface area contributed by atoms with Crippen LogP contribution in [0.1, 0.15) is 22.7 Å². The molecule has 0 aliphatic carbocycles. The fraction of sp³-hybridized carbons (Fsp3) is 0.294. The fourth-order valence-corrected chi connectivity index (χ4v) is 2.73. The monoisotopic (exact) mass is 350 g/mol. The molecule has 2 aromatic rings. The first kappa shape index (κ1) is 16.1. The van der Waals surface area contributed by atoms with E-state index < -0.39 is 0 Å². The van der Waals surface area contributed by atoms with E-state index in [1.54, 1.807) is 12.1 Å². The van der Waals surface area contributed by atoms with Gasteiger partial charge in [0.25, 0.3) is 0 Å². The van der Waals surface area contributed by atoms with Crippen molar-refractivity contribution in [3.8, 4) is 0 Å². The van der Waals surface area contributed by atoms with Gasteiger partial charge in [0, 0.05) is 23.6 Å². The van der Waals surface area contributed by atoms with Gasteiger partial charge in [0.2, 0.25) is 0 Å². The molecule has 0 fully saturated rings. The van der Waals surface area contributed by atoms with E-state index >= 15 is 0 Å². The number of likely N-dealkylation sites (N-methyl/N-ethyl adjacent to an activating group) is 1. The normalized spacial score (nSPS) is 12.7. The van der Waals surface area contributed by atoms with Crippen molar-refractivity contribution in [1.29, 1.82) is 0 Å². The second kappa shape index (κ2) is 7.16. The maximum atomic E-state index is 13.3. The molecule has 2 nitrogen and oxygen atoms in total. The number of rotatable bonds is 5. The molecule has 0 spiro atoms. The molecule has 0 heterocycles. The van der Waals surface area contributed by atoms with Crippen molar-refractivity contribution in [2.75, 3.05) is 13.6 Å². The van der Waals surface area contributed by atoms with E-state index in [1.807, 2.05) is 19.2 Å². The Labute approximate surface area is 133 Å². The van der Waals surface area contributed by atoms with Crippen molar-refractivity contribution >= 4 is 15.9 Å². The topological polar surface area (TPSA) is 29.3 Å². The van der Waals surface area contributed by atoms with E-state index in [4.69, 9.17) is 5.73 Å². The van der Waals surface area contributed by atoms with Crippen LogP contribution in [-0.4, -0.2) is 18.5 Å². The largest absolute Gasteiger partial charge is 0.329 e. The molecular weight excluding hydrogens is 331 g/mol. The van der Waals surface area contributed by atoms with E-state index in [2.05, 4.69) is 39.9 Å². The van der Waals surface area contributed by atoms with E-state index in [9.17, 15) is 4.39 Å². The number of nitrogens with two attached hydrogens (primary N) is 1. The SMILES string of the molecule is Cc1cc(C(CN)N(C)Cc2cccc(F)c2)ccc1Br. The molecule has 2 aromatic carbocycles. The van der Waals surface area contributed by atoms with E-state index in [0.29, 0.717) is 13.1 Å². The minimum Gasteiger partial charge on any atom is -0.329 e. The number of hydrogen-bond donors (Lipinski definition) is 1. The molecule has 2 rings (SSSR count). The van der Waals surface area contributed by atoms with Gasteiger partial charge in [0.05, 0.1) is 0 Å². The van der Waals surface area contributed by atoms with Crippen LogP contribution >= 0.6 is 15.9 Å². The van der Waals surface area contributed by atoms with Crippen LogP contribution in [0, 0.1) is 12.7 Å². The predicted molar refractivity (Wildman–Crippen MR) is 88.5 cm³/mol. The molecule has 21 heavy (non-hydrogen) atoms. The van der Waals surface area contributed by atoms with Crippen molar-refractivity contribution in [3.05, 3.63) is 69.4 Å². The first-order valence-corrected chi connectivity index (χ1v) is 7.71. The van der Waals surface area contributed by atoms with Crippen LogP contribution in [-0.2, 0) is 6.54 Å². The summed E-state index contributed by atoms with van der Waals surface area (Å²) in [6.45, 7) is 3.25. The summed E-state index contributed by atoms with van der Waals surface area (Å²) in [6, 6.07) is 13.1. The Kier molecular flexibility index (Phi) is 5.51. The zero-order valence-electron chi connectivity index (χ0n) is 12.3. The van der Waals surface area contributed by atoms with Gasteiger partial charge in [0.1, 0.15) is 5.82 Å². The number of hydrogen-bond acceptors (Lipinski definition) is 2. The van der Waals surface area contributed by atoms with Crippen LogP contribution in [0.25, 0.3) is 0 Å². The first-order chi connectivity index (χ1) is 10.0. The lowest BCUT2D eigenvalue weighted by molar-refractivity contribution is 0.241. The average Bonchev–Trinajstić information content (AvgIpc) is 2.43. The molecule has 0 amide bonds. The van der Waals surface area contributed by atoms with Crippen LogP contribution in [0.2, 0.25) is 0 Å². The maximum absolute atomic E-state index is 13.3. The molecule has 0 saturated heterocycles. The third-order valence-corrected chi connectivity index (χ3v) is 4.53. The number of halogens is 2. The summed E-state index contributed by atoms with van der Waals surface area (Å²) in [5, 5.41) is 0. The van der Waals surface area contributed by atoms with Gasteiger partial charge in [0.15, 0.2) is 0 Å². The van der Waals surface area contributed by atoms with Crippen molar-refractivity contribution < 1.29 is 4.39 Å². The summed E-state index contributed by atoms with van der Waals surface area (Å²) in [5.41, 5.74) is 9.26. The molecule has 4 heteroatoms. The van der Waals surface area contributed by atoms with E-state index in [0.717, 1.165) is 10.0 Å². The predicted octanol–water partition coefficient (Wildman–Crippen LogP) is 4.03. The van der Waals surface area contributed by atoms with Crippen molar-refractivity contribution in [3.63, 3.8) is 0 Å². The lowest BCUT2D eigenvalue weighted by atomic mass is 10.0. The second-order valence-electron chi connectivity index (χ2n) is 5.31. The zero-order chi connectivity index (χ0) is 15.4. The molecule has 0 bridgehead atoms. The lowest BCUT2D eigenvalue weighted by Crippen LogP contribution is -2.30. The number of nitrogens with zero attached hydrogens (tertiary/aromatic N) is 1. The van der Waals surface area contributed by atoms with Gasteiger partial charge in [-0.15, -0.1) is 0 Å². The third kappa shape index (κ3) is 4.13. The highest BCUT2D eigenvalue weighted by atomic mass is 79.9. The third-order valence-electron chi connectivity index (χ3n) is 3.64. The van der Waals surface area contributed by atoms with Gasteiger partial charge in [-0.1, -0.05) is 40.2 Å². The fourth-order valence-electron chi connectivity index (χ4n) is 2.48. The van der Waals surface area contributed by atoms with Crippen molar-refractivity contribution in [2.45, 2.75) is 19.5 Å². The van der Waals surface area contributed by atoms with Crippen LogP contribution in [0.5, 0.6) is 0 Å². The van der Waals surface area contributed by atoms with E-state index in [-0.39, 0.29) is 11.9 Å². The molecule has 0 radical (unpaired) electrons. The summed E-state index contributed by atoms with van der Waals surface area (Å²) < 4.78 is 14.4. The minimum atomic E-state index is -0.204. The zero-order valence-corrected chi connectivity index (χ0v) is 13.9. The molecule has 0 aliphatic rings. The Morgan fingerprint density at radius 2 is 2.00 bits per heavy atom. The van der Waals surface area contributed by atoms with Crippen LogP contribution < -0.4 is 5.73 Å². The highest BCUT2D eigenvalue weighted by Crippen LogP contribution is 2.25. The maximum Gasteiger partial charge on any atom is 0.123 e. The minimum absolute atomic E-state index is 0.111. The van der Waals surface area contributed by atoms with Gasteiger partial charge in [-0.05, 0) is 48.9 Å². The van der Waals surface area contributed by atoms with Crippen LogP contribution in [0.3, 0.4) is 0 Å². The Morgan fingerprint density at radius 1 is 1.24 bits per heavy atom. The molecule has 112 valence electrons. The highest BCUT2D eigenvalue weighted by Gasteiger charge is 2.16. The van der Waals surface area contributed by atoms with Gasteiger partial charge in [-0.3, -0.25) is 4.90 Å². The quantitative estimate of drug-likeness (QED) is 0.881. The van der Waals surface area contributed by atoms with Crippen LogP contribution in [0.15, 0.2) is 46.9 Å². The lowest BCUT2D eigenvalue weighted by Gasteiger charge is -2.28. The standard InChI is InChI=1S/C17H20BrFN2/c1-12-8-14(6-7-16(12)18)17(10-20)21(2)11-13-4-3-5-15(19)9-13/h3-9,17H,10-11,20H2,1-2H3.